The van der Waals surface area contributed by atoms with Crippen molar-refractivity contribution in [2.75, 3.05) is 21.3 Å². The van der Waals surface area contributed by atoms with Crippen LogP contribution in [0.25, 0.3) is 33.6 Å². The van der Waals surface area contributed by atoms with Crippen LogP contribution >= 0.6 is 0 Å². The lowest BCUT2D eigenvalue weighted by Gasteiger charge is -2.15. The lowest BCUT2D eigenvalue weighted by molar-refractivity contribution is 0.411. The highest BCUT2D eigenvalue weighted by Gasteiger charge is 2.21. The fourth-order valence-corrected chi connectivity index (χ4v) is 4.11. The Balaban J connectivity index is 1.98. The molecule has 3 aromatic carbocycles. The summed E-state index contributed by atoms with van der Waals surface area (Å²) in [5.41, 5.74) is 5.39. The van der Waals surface area contributed by atoms with Crippen LogP contribution < -0.4 is 14.2 Å². The summed E-state index contributed by atoms with van der Waals surface area (Å²) in [6, 6.07) is 22.9. The molecule has 0 saturated carbocycles. The molecule has 0 unspecified atom stereocenters. The number of methoxy groups -OCH3 is 3. The van der Waals surface area contributed by atoms with E-state index in [9.17, 15) is 0 Å². The Morgan fingerprint density at radius 3 is 1.73 bits per heavy atom. The number of nitrogens with zero attached hydrogens (tertiary/aromatic N) is 1. The lowest BCUT2D eigenvalue weighted by atomic mass is 10.00. The Hall–Kier alpha value is -3.73. The second-order valence-corrected chi connectivity index (χ2v) is 7.75. The molecule has 4 rings (SSSR count). The van der Waals surface area contributed by atoms with Crippen LogP contribution in [0.3, 0.4) is 0 Å². The van der Waals surface area contributed by atoms with E-state index in [-0.39, 0.29) is 5.82 Å². The molecule has 0 saturated heterocycles. The molecule has 33 heavy (non-hydrogen) atoms. The van der Waals surface area contributed by atoms with Gasteiger partial charge in [-0.25, -0.2) is 4.39 Å². The highest BCUT2D eigenvalue weighted by molar-refractivity contribution is 5.87. The zero-order valence-electron chi connectivity index (χ0n) is 19.4. The Morgan fingerprint density at radius 2 is 1.21 bits per heavy atom. The monoisotopic (exact) mass is 445 g/mol. The maximum Gasteiger partial charge on any atom is 0.134 e. The van der Waals surface area contributed by atoms with E-state index >= 15 is 4.39 Å². The van der Waals surface area contributed by atoms with Gasteiger partial charge in [0.05, 0.1) is 27.0 Å². The van der Waals surface area contributed by atoms with Crippen molar-refractivity contribution in [1.82, 2.24) is 4.57 Å². The van der Waals surface area contributed by atoms with Gasteiger partial charge in [-0.15, -0.1) is 0 Å². The molecular weight excluding hydrogens is 417 g/mol. The third-order valence-electron chi connectivity index (χ3n) is 5.76. The van der Waals surface area contributed by atoms with Gasteiger partial charge in [-0.1, -0.05) is 6.92 Å². The summed E-state index contributed by atoms with van der Waals surface area (Å²) < 4.78 is 33.4. The number of hydrogen-bond donors (Lipinski definition) is 0. The van der Waals surface area contributed by atoms with Crippen molar-refractivity contribution in [3.8, 4) is 50.9 Å². The van der Waals surface area contributed by atoms with Crippen LogP contribution in [0.5, 0.6) is 17.2 Å². The number of ether oxygens (including phenoxy) is 3. The van der Waals surface area contributed by atoms with Crippen LogP contribution in [0, 0.1) is 5.82 Å². The summed E-state index contributed by atoms with van der Waals surface area (Å²) in [4.78, 5) is 0. The first-order valence-corrected chi connectivity index (χ1v) is 11.0. The number of halogens is 1. The average molecular weight is 446 g/mol. The molecule has 0 radical (unpaired) electrons. The van der Waals surface area contributed by atoms with Crippen molar-refractivity contribution in [1.29, 1.82) is 0 Å². The van der Waals surface area contributed by atoms with Gasteiger partial charge in [0, 0.05) is 29.4 Å². The van der Waals surface area contributed by atoms with Gasteiger partial charge in [-0.05, 0) is 84.3 Å². The van der Waals surface area contributed by atoms with E-state index < -0.39 is 0 Å². The first kappa shape index (κ1) is 22.5. The maximum absolute atomic E-state index is 15.2. The van der Waals surface area contributed by atoms with Crippen molar-refractivity contribution >= 4 is 0 Å². The molecule has 0 fully saturated rings. The Bertz CT molecular complexity index is 1230. The van der Waals surface area contributed by atoms with Crippen molar-refractivity contribution < 1.29 is 18.6 Å². The molecule has 1 heterocycles. The smallest absolute Gasteiger partial charge is 0.134 e. The van der Waals surface area contributed by atoms with Gasteiger partial charge in [-0.3, -0.25) is 0 Å². The van der Waals surface area contributed by atoms with Crippen LogP contribution in [-0.2, 0) is 6.54 Å². The summed E-state index contributed by atoms with van der Waals surface area (Å²) >= 11 is 0. The molecule has 0 atom stereocenters. The first-order chi connectivity index (χ1) is 16.1. The van der Waals surface area contributed by atoms with Crippen LogP contribution in [0.1, 0.15) is 13.3 Å². The average Bonchev–Trinajstić information content (AvgIpc) is 3.23. The van der Waals surface area contributed by atoms with Crippen LogP contribution in [0.4, 0.5) is 4.39 Å². The minimum absolute atomic E-state index is 0.320. The van der Waals surface area contributed by atoms with Gasteiger partial charge < -0.3 is 18.8 Å². The third-order valence-corrected chi connectivity index (χ3v) is 5.76. The molecule has 1 aromatic heterocycles. The molecule has 0 aliphatic rings. The predicted molar refractivity (Wildman–Crippen MR) is 131 cm³/mol. The molecule has 4 nitrogen and oxygen atoms in total. The fraction of sp³-hybridized carbons (Fsp3) is 0.214. The van der Waals surface area contributed by atoms with E-state index in [0.717, 1.165) is 52.5 Å². The van der Waals surface area contributed by atoms with Crippen LogP contribution in [-0.4, -0.2) is 25.9 Å². The second kappa shape index (κ2) is 9.82. The van der Waals surface area contributed by atoms with Crippen LogP contribution in [0.15, 0.2) is 72.8 Å². The SMILES string of the molecule is CCCn1c(-c2ccc(OC)cc2)cc(-c2ccc(OC)cc2F)c1-c1ccc(OC)cc1. The van der Waals surface area contributed by atoms with Gasteiger partial charge in [0.1, 0.15) is 23.1 Å². The quantitative estimate of drug-likeness (QED) is 0.291. The summed E-state index contributed by atoms with van der Waals surface area (Å²) in [5, 5.41) is 0. The molecule has 0 N–H and O–H groups in total. The Morgan fingerprint density at radius 1 is 0.667 bits per heavy atom. The highest BCUT2D eigenvalue weighted by Crippen LogP contribution is 2.41. The molecular formula is C28H28FNO3. The van der Waals surface area contributed by atoms with E-state index in [1.165, 1.54) is 13.2 Å². The minimum atomic E-state index is -0.320. The van der Waals surface area contributed by atoms with Gasteiger partial charge >= 0.3 is 0 Å². The fourth-order valence-electron chi connectivity index (χ4n) is 4.11. The second-order valence-electron chi connectivity index (χ2n) is 7.75. The summed E-state index contributed by atoms with van der Waals surface area (Å²) in [7, 11) is 4.84. The largest absolute Gasteiger partial charge is 0.497 e. The standard InChI is InChI=1S/C28H28FNO3/c1-5-16-30-27(19-6-10-21(31-2)11-7-19)18-25(24-15-14-23(33-4)17-26(24)29)28(30)20-8-12-22(32-3)13-9-20/h6-15,17-18H,5,16H2,1-4H3. The molecule has 5 heteroatoms. The summed E-state index contributed by atoms with van der Waals surface area (Å²) in [6.07, 6.45) is 0.936. The predicted octanol–water partition coefficient (Wildman–Crippen LogP) is 7.06. The Kier molecular flexibility index (Phi) is 6.68. The first-order valence-electron chi connectivity index (χ1n) is 11.0. The van der Waals surface area contributed by atoms with Crippen molar-refractivity contribution in [3.63, 3.8) is 0 Å². The molecule has 0 aliphatic heterocycles. The van der Waals surface area contributed by atoms with Gasteiger partial charge in [0.25, 0.3) is 0 Å². The van der Waals surface area contributed by atoms with Gasteiger partial charge in [0.15, 0.2) is 0 Å². The van der Waals surface area contributed by atoms with E-state index in [0.29, 0.717) is 11.3 Å². The normalized spacial score (nSPS) is 10.8. The number of benzene rings is 3. The van der Waals surface area contributed by atoms with Crippen molar-refractivity contribution in [2.24, 2.45) is 0 Å². The molecule has 0 amide bonds. The topological polar surface area (TPSA) is 32.6 Å². The molecule has 0 bridgehead atoms. The Labute approximate surface area is 194 Å². The van der Waals surface area contributed by atoms with E-state index in [1.54, 1.807) is 26.4 Å². The number of aromatic nitrogens is 1. The third kappa shape index (κ3) is 4.44. The molecule has 0 spiro atoms. The van der Waals surface area contributed by atoms with Gasteiger partial charge in [0.2, 0.25) is 0 Å². The molecule has 4 aromatic rings. The highest BCUT2D eigenvalue weighted by atomic mass is 19.1. The van der Waals surface area contributed by atoms with Crippen molar-refractivity contribution in [3.05, 3.63) is 78.6 Å². The summed E-state index contributed by atoms with van der Waals surface area (Å²) in [5.74, 6) is 1.74. The zero-order valence-corrected chi connectivity index (χ0v) is 19.4. The zero-order chi connectivity index (χ0) is 23.4. The van der Waals surface area contributed by atoms with Crippen LogP contribution in [0.2, 0.25) is 0 Å². The number of hydrogen-bond acceptors (Lipinski definition) is 3. The van der Waals surface area contributed by atoms with E-state index in [1.807, 2.05) is 48.5 Å². The molecule has 170 valence electrons. The van der Waals surface area contributed by atoms with E-state index in [4.69, 9.17) is 14.2 Å². The number of rotatable bonds is 8. The summed E-state index contributed by atoms with van der Waals surface area (Å²) in [6.45, 7) is 2.93. The lowest BCUT2D eigenvalue weighted by Crippen LogP contribution is -2.02. The van der Waals surface area contributed by atoms with Crippen molar-refractivity contribution in [2.45, 2.75) is 19.9 Å². The minimum Gasteiger partial charge on any atom is -0.497 e. The maximum atomic E-state index is 15.2. The van der Waals surface area contributed by atoms with Gasteiger partial charge in [-0.2, -0.15) is 0 Å². The van der Waals surface area contributed by atoms with E-state index in [2.05, 4.69) is 17.6 Å². The molecule has 0 aliphatic carbocycles.